The molecule has 30 heavy (non-hydrogen) atoms. The third kappa shape index (κ3) is 5.57. The number of likely N-dealkylation sites (N-methyl/N-ethyl adjacent to an activating group) is 1. The first-order valence-electron chi connectivity index (χ1n) is 9.56. The van der Waals surface area contributed by atoms with Crippen LogP contribution in [0.3, 0.4) is 0 Å². The van der Waals surface area contributed by atoms with Gasteiger partial charge in [-0.3, -0.25) is 9.59 Å². The van der Waals surface area contributed by atoms with E-state index in [1.54, 1.807) is 25.1 Å². The van der Waals surface area contributed by atoms with Crippen LogP contribution >= 0.6 is 0 Å². The van der Waals surface area contributed by atoms with E-state index in [4.69, 9.17) is 5.73 Å². The van der Waals surface area contributed by atoms with Gasteiger partial charge in [-0.05, 0) is 23.3 Å². The average Bonchev–Trinajstić information content (AvgIpc) is 2.74. The summed E-state index contributed by atoms with van der Waals surface area (Å²) in [7, 11) is 3.48. The maximum Gasteiger partial charge on any atom is 0.252 e. The highest BCUT2D eigenvalue weighted by atomic mass is 16.2. The standard InChI is InChI=1S/C23H25N5O2/c1-28(2)22(29)12-16-8-10-18(11-9-16)27-21-13-20(19(15-26-21)23(24)30)25-14-17-6-4-3-5-7-17/h3-11,13,15H,12,14H2,1-2H3,(H2,24,30)(H2,25,26,27). The van der Waals surface area contributed by atoms with E-state index in [1.165, 1.54) is 6.20 Å². The number of pyridine rings is 1. The van der Waals surface area contributed by atoms with Crippen molar-refractivity contribution in [3.05, 3.63) is 83.6 Å². The minimum absolute atomic E-state index is 0.0496. The fourth-order valence-electron chi connectivity index (χ4n) is 2.85. The monoisotopic (exact) mass is 403 g/mol. The largest absolute Gasteiger partial charge is 0.380 e. The van der Waals surface area contributed by atoms with Crippen LogP contribution in [-0.4, -0.2) is 35.8 Å². The number of carbonyl (C=O) groups is 2. The summed E-state index contributed by atoms with van der Waals surface area (Å²) in [5, 5.41) is 6.47. The van der Waals surface area contributed by atoms with Gasteiger partial charge in [0.15, 0.2) is 0 Å². The molecule has 2 aromatic carbocycles. The van der Waals surface area contributed by atoms with E-state index >= 15 is 0 Å². The summed E-state index contributed by atoms with van der Waals surface area (Å²) < 4.78 is 0. The second-order valence-corrected chi connectivity index (χ2v) is 7.11. The zero-order valence-corrected chi connectivity index (χ0v) is 17.1. The molecular weight excluding hydrogens is 378 g/mol. The second kappa shape index (κ2) is 9.56. The Morgan fingerprint density at radius 1 is 1.00 bits per heavy atom. The van der Waals surface area contributed by atoms with E-state index in [2.05, 4.69) is 15.6 Å². The van der Waals surface area contributed by atoms with Gasteiger partial charge in [-0.15, -0.1) is 0 Å². The Balaban J connectivity index is 1.72. The lowest BCUT2D eigenvalue weighted by Crippen LogP contribution is -2.23. The second-order valence-electron chi connectivity index (χ2n) is 7.11. The third-order valence-corrected chi connectivity index (χ3v) is 4.58. The number of nitrogens with one attached hydrogen (secondary N) is 2. The number of hydrogen-bond donors (Lipinski definition) is 3. The first-order valence-corrected chi connectivity index (χ1v) is 9.56. The number of benzene rings is 2. The number of amides is 2. The van der Waals surface area contributed by atoms with E-state index in [0.29, 0.717) is 30.0 Å². The summed E-state index contributed by atoms with van der Waals surface area (Å²) in [6.07, 6.45) is 1.81. The summed E-state index contributed by atoms with van der Waals surface area (Å²) in [6.45, 7) is 0.555. The molecule has 4 N–H and O–H groups in total. The van der Waals surface area contributed by atoms with Gasteiger partial charge in [-0.2, -0.15) is 0 Å². The summed E-state index contributed by atoms with van der Waals surface area (Å²) in [5.74, 6) is 0.0840. The number of anilines is 3. The van der Waals surface area contributed by atoms with E-state index in [9.17, 15) is 9.59 Å². The highest BCUT2D eigenvalue weighted by molar-refractivity contribution is 5.98. The Bertz CT molecular complexity index is 1020. The van der Waals surface area contributed by atoms with Crippen LogP contribution in [0, 0.1) is 0 Å². The molecule has 0 unspecified atom stereocenters. The fraction of sp³-hybridized carbons (Fsp3) is 0.174. The van der Waals surface area contributed by atoms with Gasteiger partial charge in [0.25, 0.3) is 5.91 Å². The van der Waals surface area contributed by atoms with E-state index in [0.717, 1.165) is 16.8 Å². The van der Waals surface area contributed by atoms with Crippen LogP contribution in [0.15, 0.2) is 66.9 Å². The minimum atomic E-state index is -0.542. The Morgan fingerprint density at radius 3 is 2.33 bits per heavy atom. The van der Waals surface area contributed by atoms with Gasteiger partial charge < -0.3 is 21.3 Å². The van der Waals surface area contributed by atoms with Crippen molar-refractivity contribution >= 4 is 29.0 Å². The lowest BCUT2D eigenvalue weighted by atomic mass is 10.1. The first-order chi connectivity index (χ1) is 14.4. The number of hydrogen-bond acceptors (Lipinski definition) is 5. The zero-order valence-electron chi connectivity index (χ0n) is 17.1. The lowest BCUT2D eigenvalue weighted by molar-refractivity contribution is -0.127. The Hall–Kier alpha value is -3.87. The Labute approximate surface area is 175 Å². The lowest BCUT2D eigenvalue weighted by Gasteiger charge is -2.13. The number of aromatic nitrogens is 1. The molecule has 1 heterocycles. The van der Waals surface area contributed by atoms with Gasteiger partial charge in [0.1, 0.15) is 5.82 Å². The van der Waals surface area contributed by atoms with Crippen molar-refractivity contribution in [1.29, 1.82) is 0 Å². The van der Waals surface area contributed by atoms with Gasteiger partial charge in [-0.1, -0.05) is 42.5 Å². The summed E-state index contributed by atoms with van der Waals surface area (Å²) in [5.41, 5.74) is 9.27. The Morgan fingerprint density at radius 2 is 1.70 bits per heavy atom. The molecular formula is C23H25N5O2. The molecule has 3 aromatic rings. The van der Waals surface area contributed by atoms with Gasteiger partial charge >= 0.3 is 0 Å². The SMILES string of the molecule is CN(C)C(=O)Cc1ccc(Nc2cc(NCc3ccccc3)c(C(N)=O)cn2)cc1. The van der Waals surface area contributed by atoms with Gasteiger partial charge in [0.2, 0.25) is 5.91 Å². The van der Waals surface area contributed by atoms with Crippen molar-refractivity contribution in [3.8, 4) is 0 Å². The van der Waals surface area contributed by atoms with Gasteiger partial charge in [-0.25, -0.2) is 4.98 Å². The fourth-order valence-corrected chi connectivity index (χ4v) is 2.85. The topological polar surface area (TPSA) is 100 Å². The Kier molecular flexibility index (Phi) is 6.64. The minimum Gasteiger partial charge on any atom is -0.380 e. The van der Waals surface area contributed by atoms with Crippen LogP contribution in [0.2, 0.25) is 0 Å². The van der Waals surface area contributed by atoms with Crippen LogP contribution in [0.5, 0.6) is 0 Å². The van der Waals surface area contributed by atoms with Crippen LogP contribution in [-0.2, 0) is 17.8 Å². The molecule has 2 amide bonds. The molecule has 154 valence electrons. The molecule has 0 saturated heterocycles. The number of nitrogens with two attached hydrogens (primary N) is 1. The summed E-state index contributed by atoms with van der Waals surface area (Å²) in [4.78, 5) is 29.5. The molecule has 0 aliphatic rings. The van der Waals surface area contributed by atoms with Crippen LogP contribution in [0.25, 0.3) is 0 Å². The molecule has 0 radical (unpaired) electrons. The molecule has 3 rings (SSSR count). The van der Waals surface area contributed by atoms with Crippen molar-refractivity contribution in [2.45, 2.75) is 13.0 Å². The predicted molar refractivity (Wildman–Crippen MR) is 119 cm³/mol. The zero-order chi connectivity index (χ0) is 21.5. The number of rotatable bonds is 8. The van der Waals surface area contributed by atoms with E-state index in [1.807, 2.05) is 54.6 Å². The highest BCUT2D eigenvalue weighted by Gasteiger charge is 2.11. The number of nitrogens with zero attached hydrogens (tertiary/aromatic N) is 2. The normalized spacial score (nSPS) is 10.3. The van der Waals surface area contributed by atoms with Crippen LogP contribution < -0.4 is 16.4 Å². The maximum absolute atomic E-state index is 11.8. The summed E-state index contributed by atoms with van der Waals surface area (Å²) in [6, 6.07) is 19.2. The van der Waals surface area contributed by atoms with Gasteiger partial charge in [0, 0.05) is 38.6 Å². The molecule has 0 spiro atoms. The summed E-state index contributed by atoms with van der Waals surface area (Å²) >= 11 is 0. The molecule has 7 heteroatoms. The van der Waals surface area contributed by atoms with Crippen molar-refractivity contribution in [3.63, 3.8) is 0 Å². The number of carbonyl (C=O) groups excluding carboxylic acids is 2. The van der Waals surface area contributed by atoms with Crippen molar-refractivity contribution < 1.29 is 9.59 Å². The third-order valence-electron chi connectivity index (χ3n) is 4.58. The smallest absolute Gasteiger partial charge is 0.252 e. The molecule has 0 bridgehead atoms. The van der Waals surface area contributed by atoms with Crippen molar-refractivity contribution in [2.75, 3.05) is 24.7 Å². The van der Waals surface area contributed by atoms with Crippen LogP contribution in [0.1, 0.15) is 21.5 Å². The van der Waals surface area contributed by atoms with Crippen LogP contribution in [0.4, 0.5) is 17.2 Å². The average molecular weight is 403 g/mol. The molecule has 0 saturated carbocycles. The molecule has 0 aliphatic carbocycles. The first kappa shape index (κ1) is 20.9. The molecule has 0 aliphatic heterocycles. The molecule has 0 fully saturated rings. The number of primary amides is 1. The molecule has 1 aromatic heterocycles. The highest BCUT2D eigenvalue weighted by Crippen LogP contribution is 2.22. The van der Waals surface area contributed by atoms with Crippen molar-refractivity contribution in [1.82, 2.24) is 9.88 Å². The van der Waals surface area contributed by atoms with Crippen molar-refractivity contribution in [2.24, 2.45) is 5.73 Å². The van der Waals surface area contributed by atoms with E-state index in [-0.39, 0.29) is 5.91 Å². The predicted octanol–water partition coefficient (Wildman–Crippen LogP) is 3.17. The van der Waals surface area contributed by atoms with Gasteiger partial charge in [0.05, 0.1) is 17.7 Å². The molecule has 7 nitrogen and oxygen atoms in total. The maximum atomic E-state index is 11.8. The molecule has 0 atom stereocenters. The van der Waals surface area contributed by atoms with E-state index < -0.39 is 5.91 Å². The quantitative estimate of drug-likeness (QED) is 0.536.